The maximum Gasteiger partial charge on any atom is 0.252 e. The van der Waals surface area contributed by atoms with Gasteiger partial charge in [-0.2, -0.15) is 0 Å². The number of pyridine rings is 1. The molecule has 0 atom stereocenters. The highest BCUT2D eigenvalue weighted by atomic mass is 35.5. The highest BCUT2D eigenvalue weighted by Gasteiger charge is 2.15. The number of benzene rings is 3. The first-order chi connectivity index (χ1) is 17.9. The zero-order valence-electron chi connectivity index (χ0n) is 19.9. The number of nitrogens with two attached hydrogens (primary N) is 1. The van der Waals surface area contributed by atoms with Crippen molar-refractivity contribution in [1.29, 1.82) is 0 Å². The van der Waals surface area contributed by atoms with Crippen LogP contribution in [-0.4, -0.2) is 16.7 Å². The smallest absolute Gasteiger partial charge is 0.252 e. The molecule has 1 amide bonds. The summed E-state index contributed by atoms with van der Waals surface area (Å²) in [5.41, 5.74) is 10.2. The van der Waals surface area contributed by atoms with E-state index in [4.69, 9.17) is 21.8 Å². The van der Waals surface area contributed by atoms with Crippen molar-refractivity contribution in [1.82, 2.24) is 4.98 Å². The molecule has 3 aromatic carbocycles. The molecule has 0 aliphatic heterocycles. The van der Waals surface area contributed by atoms with E-state index in [1.807, 2.05) is 49.4 Å². The summed E-state index contributed by atoms with van der Waals surface area (Å²) in [5, 5.41) is 4.53. The van der Waals surface area contributed by atoms with E-state index in [2.05, 4.69) is 10.3 Å². The first-order valence-electron chi connectivity index (χ1n) is 11.5. The second-order valence-corrected chi connectivity index (χ2v) is 8.98. The fourth-order valence-corrected chi connectivity index (χ4v) is 4.04. The van der Waals surface area contributed by atoms with E-state index in [0.717, 1.165) is 16.8 Å². The van der Waals surface area contributed by atoms with E-state index < -0.39 is 5.91 Å². The Bertz CT molecular complexity index is 1650. The molecule has 0 spiro atoms. The number of allylic oxidation sites excluding steroid dienone is 1. The Kier molecular flexibility index (Phi) is 6.58. The quantitative estimate of drug-likeness (QED) is 0.179. The summed E-state index contributed by atoms with van der Waals surface area (Å²) in [6.45, 7) is 1.99. The average Bonchev–Trinajstić information content (AvgIpc) is 3.38. The topological polar surface area (TPSA) is 98.2 Å². The highest BCUT2D eigenvalue weighted by Crippen LogP contribution is 2.30. The second-order valence-electron chi connectivity index (χ2n) is 8.54. The summed E-state index contributed by atoms with van der Waals surface area (Å²) in [4.78, 5) is 29.5. The normalized spacial score (nSPS) is 11.2. The molecule has 0 aliphatic carbocycles. The van der Waals surface area contributed by atoms with Gasteiger partial charge in [0.2, 0.25) is 0 Å². The summed E-state index contributed by atoms with van der Waals surface area (Å²) in [6, 6.07) is 23.8. The molecule has 7 heteroatoms. The van der Waals surface area contributed by atoms with Crippen molar-refractivity contribution in [3.05, 3.63) is 119 Å². The number of rotatable bonds is 7. The lowest BCUT2D eigenvalue weighted by Gasteiger charge is -2.14. The Morgan fingerprint density at radius 1 is 0.973 bits per heavy atom. The van der Waals surface area contributed by atoms with E-state index in [1.54, 1.807) is 42.5 Å². The molecule has 3 N–H and O–H groups in total. The Labute approximate surface area is 218 Å². The van der Waals surface area contributed by atoms with Crippen LogP contribution in [-0.2, 0) is 0 Å². The van der Waals surface area contributed by atoms with E-state index in [-0.39, 0.29) is 11.3 Å². The first-order valence-corrected chi connectivity index (χ1v) is 11.9. The van der Waals surface area contributed by atoms with Gasteiger partial charge in [-0.05, 0) is 85.8 Å². The van der Waals surface area contributed by atoms with Crippen molar-refractivity contribution in [3.8, 4) is 11.3 Å². The van der Waals surface area contributed by atoms with Crippen LogP contribution in [0.3, 0.4) is 0 Å². The number of aryl methyl sites for hydroxylation is 1. The Balaban J connectivity index is 1.45. The number of primary amides is 1. The lowest BCUT2D eigenvalue weighted by Crippen LogP contribution is -2.14. The molecule has 5 rings (SSSR count). The molecular formula is C30H22ClN3O3. The van der Waals surface area contributed by atoms with Crippen LogP contribution in [0.2, 0.25) is 5.02 Å². The standard InChI is InChI=1S/C30H22ClN3O3/c1-18-2-9-22(10-3-18)34-29-24-16-20(6-13-26(24)33-17-25(29)30(32)36)27(35)14-11-23-12-15-28(37-23)19-4-7-21(31)8-5-19/h2-17H,1H3,(H2,32,36)(H,33,34)/b14-11+. The van der Waals surface area contributed by atoms with Crippen molar-refractivity contribution < 1.29 is 14.0 Å². The van der Waals surface area contributed by atoms with Crippen LogP contribution in [0.25, 0.3) is 28.3 Å². The van der Waals surface area contributed by atoms with Crippen molar-refractivity contribution >= 4 is 51.6 Å². The van der Waals surface area contributed by atoms with Gasteiger partial charge in [-0.1, -0.05) is 29.3 Å². The number of amides is 1. The van der Waals surface area contributed by atoms with Crippen LogP contribution in [0.15, 0.2) is 95.6 Å². The van der Waals surface area contributed by atoms with Crippen LogP contribution in [0.5, 0.6) is 0 Å². The van der Waals surface area contributed by atoms with Crippen LogP contribution in [0, 0.1) is 6.92 Å². The Morgan fingerprint density at radius 3 is 2.46 bits per heavy atom. The monoisotopic (exact) mass is 507 g/mol. The molecule has 0 saturated heterocycles. The Hall–Kier alpha value is -4.68. The minimum Gasteiger partial charge on any atom is -0.457 e. The number of hydrogen-bond donors (Lipinski definition) is 2. The zero-order chi connectivity index (χ0) is 25.9. The number of carbonyl (C=O) groups is 2. The number of furan rings is 1. The third-order valence-corrected chi connectivity index (χ3v) is 6.15. The minimum absolute atomic E-state index is 0.225. The molecule has 0 saturated carbocycles. The number of nitrogens with zero attached hydrogens (tertiary/aromatic N) is 1. The number of carbonyl (C=O) groups excluding carboxylic acids is 2. The summed E-state index contributed by atoms with van der Waals surface area (Å²) in [6.07, 6.45) is 4.51. The van der Waals surface area contributed by atoms with E-state index in [0.29, 0.717) is 38.7 Å². The number of halogens is 1. The molecular weight excluding hydrogens is 486 g/mol. The molecule has 37 heavy (non-hydrogen) atoms. The molecule has 2 heterocycles. The average molecular weight is 508 g/mol. The highest BCUT2D eigenvalue weighted by molar-refractivity contribution is 6.30. The molecule has 0 aliphatic rings. The molecule has 2 aromatic heterocycles. The van der Waals surface area contributed by atoms with Gasteiger partial charge in [-0.25, -0.2) is 0 Å². The van der Waals surface area contributed by atoms with Gasteiger partial charge in [-0.3, -0.25) is 14.6 Å². The predicted octanol–water partition coefficient (Wildman–Crippen LogP) is 7.20. The summed E-state index contributed by atoms with van der Waals surface area (Å²) in [5.74, 6) is 0.372. The lowest BCUT2D eigenvalue weighted by atomic mass is 10.0. The van der Waals surface area contributed by atoms with Gasteiger partial charge in [0, 0.05) is 33.4 Å². The SMILES string of the molecule is Cc1ccc(Nc2c(C(N)=O)cnc3ccc(C(=O)/C=C/c4ccc(-c5ccc(Cl)cc5)o4)cc23)cc1. The zero-order valence-corrected chi connectivity index (χ0v) is 20.6. The predicted molar refractivity (Wildman–Crippen MR) is 147 cm³/mol. The number of anilines is 2. The third kappa shape index (κ3) is 5.29. The van der Waals surface area contributed by atoms with Gasteiger partial charge in [0.25, 0.3) is 5.91 Å². The second kappa shape index (κ2) is 10.1. The van der Waals surface area contributed by atoms with Gasteiger partial charge in [0.1, 0.15) is 11.5 Å². The number of aromatic nitrogens is 1. The molecule has 6 nitrogen and oxygen atoms in total. The molecule has 5 aromatic rings. The minimum atomic E-state index is -0.616. The molecule has 182 valence electrons. The maximum atomic E-state index is 13.0. The van der Waals surface area contributed by atoms with Crippen LogP contribution >= 0.6 is 11.6 Å². The van der Waals surface area contributed by atoms with Crippen molar-refractivity contribution in [2.75, 3.05) is 5.32 Å². The van der Waals surface area contributed by atoms with Crippen molar-refractivity contribution in [2.24, 2.45) is 5.73 Å². The van der Waals surface area contributed by atoms with Crippen LogP contribution in [0.1, 0.15) is 32.0 Å². The van der Waals surface area contributed by atoms with E-state index in [1.165, 1.54) is 12.3 Å². The fraction of sp³-hybridized carbons (Fsp3) is 0.0333. The molecule has 0 bridgehead atoms. The van der Waals surface area contributed by atoms with Gasteiger partial charge in [0.05, 0.1) is 16.8 Å². The summed E-state index contributed by atoms with van der Waals surface area (Å²) >= 11 is 5.95. The number of nitrogens with one attached hydrogen (secondary N) is 1. The molecule has 0 fully saturated rings. The lowest BCUT2D eigenvalue weighted by molar-refractivity contribution is 0.0999. The first kappa shape index (κ1) is 24.0. The van der Waals surface area contributed by atoms with E-state index >= 15 is 0 Å². The van der Waals surface area contributed by atoms with Gasteiger partial charge in [-0.15, -0.1) is 0 Å². The Morgan fingerprint density at radius 2 is 1.73 bits per heavy atom. The van der Waals surface area contributed by atoms with Crippen LogP contribution < -0.4 is 11.1 Å². The number of fused-ring (bicyclic) bond motifs is 1. The molecule has 0 unspecified atom stereocenters. The largest absolute Gasteiger partial charge is 0.457 e. The number of hydrogen-bond acceptors (Lipinski definition) is 5. The summed E-state index contributed by atoms with van der Waals surface area (Å²) < 4.78 is 5.85. The van der Waals surface area contributed by atoms with Gasteiger partial charge in [0.15, 0.2) is 5.78 Å². The fourth-order valence-electron chi connectivity index (χ4n) is 3.91. The summed E-state index contributed by atoms with van der Waals surface area (Å²) in [7, 11) is 0. The maximum absolute atomic E-state index is 13.0. The van der Waals surface area contributed by atoms with Gasteiger partial charge >= 0.3 is 0 Å². The van der Waals surface area contributed by atoms with Gasteiger partial charge < -0.3 is 15.5 Å². The van der Waals surface area contributed by atoms with Crippen molar-refractivity contribution in [2.45, 2.75) is 6.92 Å². The van der Waals surface area contributed by atoms with E-state index in [9.17, 15) is 9.59 Å². The van der Waals surface area contributed by atoms with Crippen molar-refractivity contribution in [3.63, 3.8) is 0 Å². The number of ketones is 1. The molecule has 0 radical (unpaired) electrons. The van der Waals surface area contributed by atoms with Crippen LogP contribution in [0.4, 0.5) is 11.4 Å². The third-order valence-electron chi connectivity index (χ3n) is 5.89.